The van der Waals surface area contributed by atoms with Crippen LogP contribution in [0.1, 0.15) is 10.4 Å². The van der Waals surface area contributed by atoms with E-state index in [2.05, 4.69) is 11.9 Å². The van der Waals surface area contributed by atoms with Crippen LogP contribution in [0.2, 0.25) is 0 Å². The van der Waals surface area contributed by atoms with Crippen LogP contribution in [0.3, 0.4) is 0 Å². The van der Waals surface area contributed by atoms with Crippen molar-refractivity contribution >= 4 is 11.8 Å². The Morgan fingerprint density at radius 1 is 1.47 bits per heavy atom. The van der Waals surface area contributed by atoms with E-state index in [0.717, 1.165) is 0 Å². The summed E-state index contributed by atoms with van der Waals surface area (Å²) in [5, 5.41) is 2.69. The van der Waals surface area contributed by atoms with Crippen LogP contribution in [0, 0.1) is 0 Å². The summed E-state index contributed by atoms with van der Waals surface area (Å²) >= 11 is 0. The lowest BCUT2D eigenvalue weighted by molar-refractivity contribution is -0.123. The Balaban J connectivity index is 2.17. The average Bonchev–Trinajstić information content (AvgIpc) is 2.44. The standard InChI is InChI=1S/C14H16N2O3/c1-2-9-19-12-6-4-3-5-11(12)14(18)16-8-7-15-13(17)10-16/h2-6H,1,7-10H2,(H,15,17). The molecular weight excluding hydrogens is 244 g/mol. The molecule has 1 aliphatic rings. The molecule has 0 aliphatic carbocycles. The fraction of sp³-hybridized carbons (Fsp3) is 0.286. The number of ether oxygens (including phenoxy) is 1. The monoisotopic (exact) mass is 260 g/mol. The summed E-state index contributed by atoms with van der Waals surface area (Å²) < 4.78 is 5.46. The van der Waals surface area contributed by atoms with Gasteiger partial charge in [-0.2, -0.15) is 0 Å². The molecule has 2 rings (SSSR count). The predicted molar refractivity (Wildman–Crippen MR) is 71.0 cm³/mol. The number of carbonyl (C=O) groups excluding carboxylic acids is 2. The van der Waals surface area contributed by atoms with Crippen molar-refractivity contribution in [2.45, 2.75) is 0 Å². The second kappa shape index (κ2) is 6.04. The molecule has 1 saturated heterocycles. The lowest BCUT2D eigenvalue weighted by Gasteiger charge is -2.27. The Kier molecular flexibility index (Phi) is 4.18. The highest BCUT2D eigenvalue weighted by Gasteiger charge is 2.24. The minimum absolute atomic E-state index is 0.0919. The molecule has 5 nitrogen and oxygen atoms in total. The van der Waals surface area contributed by atoms with Gasteiger partial charge in [0.25, 0.3) is 5.91 Å². The first-order valence-corrected chi connectivity index (χ1v) is 6.11. The maximum atomic E-state index is 12.4. The maximum Gasteiger partial charge on any atom is 0.258 e. The zero-order chi connectivity index (χ0) is 13.7. The summed E-state index contributed by atoms with van der Waals surface area (Å²) in [5.41, 5.74) is 0.471. The van der Waals surface area contributed by atoms with E-state index in [4.69, 9.17) is 4.74 Å². The molecule has 1 fully saturated rings. The number of piperazine rings is 1. The Labute approximate surface area is 111 Å². The van der Waals surface area contributed by atoms with Crippen molar-refractivity contribution in [2.24, 2.45) is 0 Å². The highest BCUT2D eigenvalue weighted by molar-refractivity contribution is 5.99. The van der Waals surface area contributed by atoms with Gasteiger partial charge in [0.2, 0.25) is 5.91 Å². The molecule has 0 radical (unpaired) electrons. The van der Waals surface area contributed by atoms with Gasteiger partial charge >= 0.3 is 0 Å². The summed E-state index contributed by atoms with van der Waals surface area (Å²) in [6.45, 7) is 5.01. The second-order valence-electron chi connectivity index (χ2n) is 4.17. The van der Waals surface area contributed by atoms with Crippen LogP contribution in [-0.2, 0) is 4.79 Å². The molecule has 19 heavy (non-hydrogen) atoms. The highest BCUT2D eigenvalue weighted by atomic mass is 16.5. The number of nitrogens with zero attached hydrogens (tertiary/aromatic N) is 1. The summed E-state index contributed by atoms with van der Waals surface area (Å²) in [6.07, 6.45) is 1.62. The molecule has 5 heteroatoms. The van der Waals surface area contributed by atoms with E-state index in [1.165, 1.54) is 4.90 Å². The largest absolute Gasteiger partial charge is 0.489 e. The van der Waals surface area contributed by atoms with Gasteiger partial charge in [0.15, 0.2) is 0 Å². The van der Waals surface area contributed by atoms with Gasteiger partial charge in [0, 0.05) is 13.1 Å². The Morgan fingerprint density at radius 3 is 3.00 bits per heavy atom. The minimum atomic E-state index is -0.186. The van der Waals surface area contributed by atoms with Gasteiger partial charge in [-0.3, -0.25) is 9.59 Å². The van der Waals surface area contributed by atoms with Crippen LogP contribution in [0.15, 0.2) is 36.9 Å². The number of para-hydroxylation sites is 1. The lowest BCUT2D eigenvalue weighted by Crippen LogP contribution is -2.50. The summed E-state index contributed by atoms with van der Waals surface area (Å²) in [4.78, 5) is 25.2. The first kappa shape index (κ1) is 13.1. The molecule has 0 saturated carbocycles. The van der Waals surface area contributed by atoms with Gasteiger partial charge in [-0.25, -0.2) is 0 Å². The molecule has 2 amide bonds. The Morgan fingerprint density at radius 2 is 2.26 bits per heavy atom. The molecule has 0 aromatic heterocycles. The summed E-state index contributed by atoms with van der Waals surface area (Å²) in [5.74, 6) is 0.192. The van der Waals surface area contributed by atoms with Crippen LogP contribution < -0.4 is 10.1 Å². The van der Waals surface area contributed by atoms with Crippen molar-refractivity contribution in [3.05, 3.63) is 42.5 Å². The number of hydrogen-bond acceptors (Lipinski definition) is 3. The molecule has 0 spiro atoms. The smallest absolute Gasteiger partial charge is 0.258 e. The van der Waals surface area contributed by atoms with E-state index >= 15 is 0 Å². The third-order valence-corrected chi connectivity index (χ3v) is 2.80. The van der Waals surface area contributed by atoms with Gasteiger partial charge in [0.1, 0.15) is 12.4 Å². The molecule has 1 aromatic rings. The van der Waals surface area contributed by atoms with Crippen molar-refractivity contribution < 1.29 is 14.3 Å². The van der Waals surface area contributed by atoms with Crippen LogP contribution in [0.25, 0.3) is 0 Å². The fourth-order valence-corrected chi connectivity index (χ4v) is 1.90. The third-order valence-electron chi connectivity index (χ3n) is 2.80. The first-order valence-electron chi connectivity index (χ1n) is 6.11. The lowest BCUT2D eigenvalue weighted by atomic mass is 10.1. The summed E-state index contributed by atoms with van der Waals surface area (Å²) in [7, 11) is 0. The van der Waals surface area contributed by atoms with E-state index in [9.17, 15) is 9.59 Å². The van der Waals surface area contributed by atoms with Crippen LogP contribution in [0.5, 0.6) is 5.75 Å². The van der Waals surface area contributed by atoms with Crippen molar-refractivity contribution in [1.82, 2.24) is 10.2 Å². The number of rotatable bonds is 4. The van der Waals surface area contributed by atoms with Gasteiger partial charge in [-0.05, 0) is 12.1 Å². The van der Waals surface area contributed by atoms with E-state index < -0.39 is 0 Å². The normalized spacial score (nSPS) is 14.7. The van der Waals surface area contributed by atoms with Crippen molar-refractivity contribution in [2.75, 3.05) is 26.2 Å². The molecular formula is C14H16N2O3. The van der Waals surface area contributed by atoms with Gasteiger partial charge in [0.05, 0.1) is 12.1 Å². The Hall–Kier alpha value is -2.30. The number of amides is 2. The molecule has 0 bridgehead atoms. The average molecular weight is 260 g/mol. The molecule has 0 atom stereocenters. The number of nitrogens with one attached hydrogen (secondary N) is 1. The van der Waals surface area contributed by atoms with E-state index in [-0.39, 0.29) is 18.4 Å². The molecule has 100 valence electrons. The predicted octanol–water partition coefficient (Wildman–Crippen LogP) is 0.823. The number of hydrogen-bond donors (Lipinski definition) is 1. The third kappa shape index (κ3) is 3.13. The summed E-state index contributed by atoms with van der Waals surface area (Å²) in [6, 6.07) is 7.02. The molecule has 0 unspecified atom stereocenters. The topological polar surface area (TPSA) is 58.6 Å². The van der Waals surface area contributed by atoms with Crippen molar-refractivity contribution in [3.63, 3.8) is 0 Å². The van der Waals surface area contributed by atoms with Gasteiger partial charge < -0.3 is 15.0 Å². The number of benzene rings is 1. The molecule has 1 N–H and O–H groups in total. The minimum Gasteiger partial charge on any atom is -0.489 e. The van der Waals surface area contributed by atoms with Crippen molar-refractivity contribution in [3.8, 4) is 5.75 Å². The SMILES string of the molecule is C=CCOc1ccccc1C(=O)N1CCNC(=O)C1. The van der Waals surface area contributed by atoms with Crippen molar-refractivity contribution in [1.29, 1.82) is 0 Å². The zero-order valence-electron chi connectivity index (χ0n) is 10.6. The fourth-order valence-electron chi connectivity index (χ4n) is 1.90. The Bertz CT molecular complexity index is 499. The molecule has 1 heterocycles. The highest BCUT2D eigenvalue weighted by Crippen LogP contribution is 2.20. The van der Waals surface area contributed by atoms with E-state index in [1.54, 1.807) is 30.3 Å². The molecule has 1 aliphatic heterocycles. The molecule has 1 aromatic carbocycles. The quantitative estimate of drug-likeness (QED) is 0.815. The van der Waals surface area contributed by atoms with Crippen LogP contribution in [-0.4, -0.2) is 43.0 Å². The van der Waals surface area contributed by atoms with Gasteiger partial charge in [-0.15, -0.1) is 0 Å². The number of carbonyl (C=O) groups is 2. The maximum absolute atomic E-state index is 12.4. The van der Waals surface area contributed by atoms with E-state index in [0.29, 0.717) is 31.0 Å². The van der Waals surface area contributed by atoms with Crippen LogP contribution in [0.4, 0.5) is 0 Å². The van der Waals surface area contributed by atoms with Gasteiger partial charge in [-0.1, -0.05) is 24.8 Å². The second-order valence-corrected chi connectivity index (χ2v) is 4.17. The first-order chi connectivity index (χ1) is 9.22. The van der Waals surface area contributed by atoms with E-state index in [1.807, 2.05) is 0 Å². The zero-order valence-corrected chi connectivity index (χ0v) is 10.6. The van der Waals surface area contributed by atoms with Crippen LogP contribution >= 0.6 is 0 Å².